The van der Waals surface area contributed by atoms with E-state index in [0.717, 1.165) is 0 Å². The van der Waals surface area contributed by atoms with E-state index in [0.29, 0.717) is 0 Å². The van der Waals surface area contributed by atoms with E-state index in [-0.39, 0.29) is 23.6 Å². The van der Waals surface area contributed by atoms with Gasteiger partial charge in [-0.3, -0.25) is 4.55 Å². The van der Waals surface area contributed by atoms with E-state index in [1.807, 2.05) is 0 Å². The van der Waals surface area contributed by atoms with E-state index in [1.165, 1.54) is 6.92 Å². The van der Waals surface area contributed by atoms with Gasteiger partial charge in [-0.15, -0.1) is 0 Å². The zero-order valence-corrected chi connectivity index (χ0v) is 8.77. The molecule has 0 saturated carbocycles. The smallest absolute Gasteiger partial charge is 0.264 e. The Kier molecular flexibility index (Phi) is 4.67. The lowest BCUT2D eigenvalue weighted by atomic mass is 10.9. The molecule has 7 N–H and O–H groups in total. The van der Waals surface area contributed by atoms with Gasteiger partial charge in [0, 0.05) is 0 Å². The van der Waals surface area contributed by atoms with Crippen LogP contribution in [0.1, 0.15) is 6.92 Å². The summed E-state index contributed by atoms with van der Waals surface area (Å²) in [6.45, 7) is 1.37. The van der Waals surface area contributed by atoms with Crippen LogP contribution in [-0.2, 0) is 10.1 Å². The van der Waals surface area contributed by atoms with Crippen molar-refractivity contribution in [3.8, 4) is 0 Å². The van der Waals surface area contributed by atoms with Crippen LogP contribution in [0.2, 0.25) is 0 Å². The summed E-state index contributed by atoms with van der Waals surface area (Å²) in [5.41, 5.74) is 15.4. The van der Waals surface area contributed by atoms with Crippen LogP contribution >= 0.6 is 0 Å². The third kappa shape index (κ3) is 7.40. The molecule has 0 amide bonds. The normalized spacial score (nSPS) is 10.3. The van der Waals surface area contributed by atoms with Gasteiger partial charge in [-0.1, -0.05) is 0 Å². The molecule has 15 heavy (non-hydrogen) atoms. The van der Waals surface area contributed by atoms with Crippen molar-refractivity contribution in [1.29, 1.82) is 0 Å². The minimum Gasteiger partial charge on any atom is -0.368 e. The number of rotatable bonds is 1. The predicted molar refractivity (Wildman–Crippen MR) is 55.2 cm³/mol. The SMILES string of the molecule is CCS(=O)(=O)O.Nc1nc(N)nc(N)n1. The summed E-state index contributed by atoms with van der Waals surface area (Å²) >= 11 is 0. The van der Waals surface area contributed by atoms with E-state index in [4.69, 9.17) is 21.8 Å². The fourth-order valence-corrected chi connectivity index (χ4v) is 0.427. The van der Waals surface area contributed by atoms with Gasteiger partial charge in [0.25, 0.3) is 10.1 Å². The molecule has 9 nitrogen and oxygen atoms in total. The summed E-state index contributed by atoms with van der Waals surface area (Å²) in [5, 5.41) is 0. The molecule has 1 aromatic heterocycles. The topological polar surface area (TPSA) is 171 Å². The molecular formula is C5H12N6O3S. The van der Waals surface area contributed by atoms with E-state index < -0.39 is 10.1 Å². The molecule has 86 valence electrons. The van der Waals surface area contributed by atoms with Gasteiger partial charge in [0.15, 0.2) is 0 Å². The van der Waals surface area contributed by atoms with Crippen LogP contribution in [0.25, 0.3) is 0 Å². The van der Waals surface area contributed by atoms with Gasteiger partial charge in [-0.25, -0.2) is 0 Å². The standard InChI is InChI=1S/C3H6N6.C2H6O3S/c4-1-7-2(5)9-3(6)8-1;1-2-6(3,4)5/h(H6,4,5,6,7,8,9);2H2,1H3,(H,3,4,5). The van der Waals surface area contributed by atoms with Crippen LogP contribution in [0, 0.1) is 0 Å². The number of aromatic nitrogens is 3. The van der Waals surface area contributed by atoms with Crippen molar-refractivity contribution in [2.24, 2.45) is 0 Å². The molecule has 1 aromatic rings. The second-order valence-corrected chi connectivity index (χ2v) is 4.02. The van der Waals surface area contributed by atoms with E-state index in [9.17, 15) is 8.42 Å². The van der Waals surface area contributed by atoms with E-state index in [1.54, 1.807) is 0 Å². The second kappa shape index (κ2) is 5.26. The minimum absolute atomic E-state index is 0.0417. The zero-order valence-electron chi connectivity index (χ0n) is 7.95. The molecule has 0 aliphatic carbocycles. The molecule has 0 spiro atoms. The highest BCUT2D eigenvalue weighted by Gasteiger charge is 1.94. The van der Waals surface area contributed by atoms with Crippen LogP contribution in [0.3, 0.4) is 0 Å². The molecule has 1 rings (SSSR count). The second-order valence-electron chi connectivity index (χ2n) is 2.28. The van der Waals surface area contributed by atoms with Crippen molar-refractivity contribution in [3.63, 3.8) is 0 Å². The third-order valence-electron chi connectivity index (χ3n) is 1.05. The molecule has 0 aliphatic heterocycles. The lowest BCUT2D eigenvalue weighted by Gasteiger charge is -1.93. The zero-order chi connectivity index (χ0) is 12.1. The number of hydrogen-bond donors (Lipinski definition) is 4. The molecular weight excluding hydrogens is 224 g/mol. The molecule has 0 unspecified atom stereocenters. The summed E-state index contributed by atoms with van der Waals surface area (Å²) in [7, 11) is -3.66. The van der Waals surface area contributed by atoms with Crippen LogP contribution < -0.4 is 17.2 Å². The van der Waals surface area contributed by atoms with Gasteiger partial charge in [0.05, 0.1) is 5.75 Å². The quantitative estimate of drug-likeness (QED) is 0.424. The summed E-state index contributed by atoms with van der Waals surface area (Å²) in [5.74, 6) is -0.0764. The molecule has 0 aliphatic rings. The van der Waals surface area contributed by atoms with Crippen molar-refractivity contribution in [1.82, 2.24) is 15.0 Å². The number of nitrogens with zero attached hydrogens (tertiary/aromatic N) is 3. The Morgan fingerprint density at radius 2 is 1.27 bits per heavy atom. The van der Waals surface area contributed by atoms with Crippen molar-refractivity contribution >= 4 is 28.0 Å². The van der Waals surface area contributed by atoms with Crippen LogP contribution in [0.5, 0.6) is 0 Å². The van der Waals surface area contributed by atoms with Crippen LogP contribution in [0.15, 0.2) is 0 Å². The van der Waals surface area contributed by atoms with E-state index >= 15 is 0 Å². The summed E-state index contributed by atoms with van der Waals surface area (Å²) in [6.07, 6.45) is 0. The van der Waals surface area contributed by atoms with Crippen molar-refractivity contribution in [2.75, 3.05) is 23.0 Å². The fraction of sp³-hybridized carbons (Fsp3) is 0.400. The molecule has 10 heteroatoms. The number of nitrogens with two attached hydrogens (primary N) is 3. The van der Waals surface area contributed by atoms with Gasteiger partial charge < -0.3 is 17.2 Å². The Labute approximate surface area is 86.5 Å². The Balaban J connectivity index is 0.000000288. The number of anilines is 3. The molecule has 0 radical (unpaired) electrons. The molecule has 0 atom stereocenters. The monoisotopic (exact) mass is 236 g/mol. The molecule has 0 fully saturated rings. The van der Waals surface area contributed by atoms with Gasteiger partial charge in [-0.2, -0.15) is 23.4 Å². The van der Waals surface area contributed by atoms with Crippen LogP contribution in [-0.4, -0.2) is 33.7 Å². The average molecular weight is 236 g/mol. The lowest BCUT2D eigenvalue weighted by Crippen LogP contribution is -2.05. The highest BCUT2D eigenvalue weighted by molar-refractivity contribution is 7.85. The van der Waals surface area contributed by atoms with Crippen molar-refractivity contribution in [3.05, 3.63) is 0 Å². The molecule has 1 heterocycles. The maximum absolute atomic E-state index is 9.56. The number of hydrogen-bond acceptors (Lipinski definition) is 8. The predicted octanol–water partition coefficient (Wildman–Crippen LogP) is -1.49. The van der Waals surface area contributed by atoms with Crippen molar-refractivity contribution in [2.45, 2.75) is 6.92 Å². The summed E-state index contributed by atoms with van der Waals surface area (Å²) in [4.78, 5) is 10.5. The molecule has 0 aromatic carbocycles. The Bertz CT molecular complexity index is 368. The third-order valence-corrected chi connectivity index (χ3v) is 1.78. The first-order valence-corrected chi connectivity index (χ1v) is 5.33. The summed E-state index contributed by atoms with van der Waals surface area (Å²) in [6, 6.07) is 0. The number of nitrogen functional groups attached to an aromatic ring is 3. The Hall–Kier alpha value is -1.68. The highest BCUT2D eigenvalue weighted by atomic mass is 32.2. The molecule has 0 saturated heterocycles. The van der Waals surface area contributed by atoms with Gasteiger partial charge in [0.2, 0.25) is 17.8 Å². The fourth-order valence-electron chi connectivity index (χ4n) is 0.427. The average Bonchev–Trinajstić information content (AvgIpc) is 2.01. The maximum Gasteiger partial charge on any atom is 0.264 e. The minimum atomic E-state index is -3.66. The maximum atomic E-state index is 9.56. The lowest BCUT2D eigenvalue weighted by molar-refractivity contribution is 0.484. The summed E-state index contributed by atoms with van der Waals surface area (Å²) < 4.78 is 26.9. The van der Waals surface area contributed by atoms with Crippen LogP contribution in [0.4, 0.5) is 17.8 Å². The molecule has 0 bridgehead atoms. The first kappa shape index (κ1) is 13.3. The van der Waals surface area contributed by atoms with E-state index in [2.05, 4.69) is 15.0 Å². The largest absolute Gasteiger partial charge is 0.368 e. The van der Waals surface area contributed by atoms with Gasteiger partial charge in [0.1, 0.15) is 0 Å². The van der Waals surface area contributed by atoms with Crippen molar-refractivity contribution < 1.29 is 13.0 Å². The first-order chi connectivity index (χ1) is 6.74. The van der Waals surface area contributed by atoms with Gasteiger partial charge in [-0.05, 0) is 6.92 Å². The van der Waals surface area contributed by atoms with Gasteiger partial charge >= 0.3 is 0 Å². The highest BCUT2D eigenvalue weighted by Crippen LogP contribution is 1.97. The Morgan fingerprint density at radius 1 is 1.07 bits per heavy atom. The Morgan fingerprint density at radius 3 is 1.40 bits per heavy atom. The first-order valence-electron chi connectivity index (χ1n) is 3.72.